The largest absolute Gasteiger partial charge is 0.481 e. The number of benzene rings is 1. The third kappa shape index (κ3) is 11.3. The third-order valence-electron chi connectivity index (χ3n) is 7.48. The second kappa shape index (κ2) is 17.2. The fraction of sp³-hybridized carbons (Fsp3) is 0.552. The van der Waals surface area contributed by atoms with Crippen molar-refractivity contribution in [3.05, 3.63) is 34.9 Å². The Morgan fingerprint density at radius 2 is 1.79 bits per heavy atom. The molecule has 14 heteroatoms. The lowest BCUT2D eigenvalue weighted by Crippen LogP contribution is -2.53. The first-order chi connectivity index (χ1) is 20.4. The number of rotatable bonds is 15. The minimum Gasteiger partial charge on any atom is -0.481 e. The number of carboxylic acids is 1. The molecule has 1 aliphatic heterocycles. The molecule has 1 heterocycles. The Kier molecular flexibility index (Phi) is 14.1. The van der Waals surface area contributed by atoms with E-state index in [1.807, 2.05) is 13.8 Å². The zero-order valence-electron chi connectivity index (χ0n) is 24.6. The zero-order valence-corrected chi connectivity index (χ0v) is 25.3. The Morgan fingerprint density at radius 3 is 2.40 bits per heavy atom. The van der Waals surface area contributed by atoms with Gasteiger partial charge in [0.05, 0.1) is 12.5 Å². The van der Waals surface area contributed by atoms with E-state index in [-0.39, 0.29) is 55.9 Å². The minimum absolute atomic E-state index is 0.0562. The van der Waals surface area contributed by atoms with Crippen LogP contribution in [0.3, 0.4) is 0 Å². The Labute approximate surface area is 255 Å². The lowest BCUT2D eigenvalue weighted by atomic mass is 9.91. The van der Waals surface area contributed by atoms with Crippen LogP contribution in [0.5, 0.6) is 0 Å². The van der Waals surface area contributed by atoms with Gasteiger partial charge in [0.15, 0.2) is 0 Å². The van der Waals surface area contributed by atoms with Crippen molar-refractivity contribution in [2.45, 2.75) is 71.0 Å². The van der Waals surface area contributed by atoms with Crippen molar-refractivity contribution in [1.29, 1.82) is 0 Å². The van der Waals surface area contributed by atoms with Crippen molar-refractivity contribution >= 4 is 53.4 Å². The highest BCUT2D eigenvalue weighted by Gasteiger charge is 2.42. The van der Waals surface area contributed by atoms with E-state index in [1.165, 1.54) is 6.92 Å². The number of likely N-dealkylation sites (tertiary alicyclic amines) is 1. The van der Waals surface area contributed by atoms with Crippen LogP contribution in [0, 0.1) is 11.8 Å². The lowest BCUT2D eigenvalue weighted by Gasteiger charge is -2.26. The van der Waals surface area contributed by atoms with Crippen LogP contribution < -0.4 is 21.3 Å². The van der Waals surface area contributed by atoms with Crippen molar-refractivity contribution < 1.29 is 38.7 Å². The zero-order chi connectivity index (χ0) is 32.1. The van der Waals surface area contributed by atoms with E-state index in [4.69, 9.17) is 16.7 Å². The van der Waals surface area contributed by atoms with E-state index in [2.05, 4.69) is 21.3 Å². The molecule has 1 saturated heterocycles. The smallest absolute Gasteiger partial charge is 0.312 e. The number of carboxylic acid groups (broad SMARTS) is 1. The van der Waals surface area contributed by atoms with Crippen LogP contribution >= 0.6 is 11.6 Å². The molecular formula is C29H40ClN5O8. The number of nitrogens with zero attached hydrogens (tertiary/aromatic N) is 1. The number of aryl methyl sites for hydroxylation is 1. The molecule has 5 amide bonds. The van der Waals surface area contributed by atoms with Crippen molar-refractivity contribution in [3.8, 4) is 0 Å². The van der Waals surface area contributed by atoms with Gasteiger partial charge in [0.1, 0.15) is 12.3 Å². The van der Waals surface area contributed by atoms with Gasteiger partial charge in [-0.3, -0.25) is 28.8 Å². The van der Waals surface area contributed by atoms with E-state index in [0.717, 1.165) is 16.9 Å². The second-order valence-corrected chi connectivity index (χ2v) is 11.1. The molecule has 236 valence electrons. The molecule has 5 atom stereocenters. The van der Waals surface area contributed by atoms with E-state index >= 15 is 0 Å². The van der Waals surface area contributed by atoms with Crippen molar-refractivity contribution in [1.82, 2.24) is 26.2 Å². The Bertz CT molecular complexity index is 1200. The van der Waals surface area contributed by atoms with Gasteiger partial charge in [-0.2, -0.15) is 0 Å². The Hall–Kier alpha value is -4.00. The summed E-state index contributed by atoms with van der Waals surface area (Å²) in [6.07, 6.45) is 0.775. The summed E-state index contributed by atoms with van der Waals surface area (Å²) in [6, 6.07) is 3.82. The fourth-order valence-electron chi connectivity index (χ4n) is 4.78. The summed E-state index contributed by atoms with van der Waals surface area (Å²) in [5.41, 5.74) is 0.781. The molecule has 0 aromatic heterocycles. The number of halogens is 1. The fourth-order valence-corrected chi connectivity index (χ4v) is 5.01. The first-order valence-corrected chi connectivity index (χ1v) is 14.6. The van der Waals surface area contributed by atoms with Crippen LogP contribution in [-0.2, 0) is 40.0 Å². The Morgan fingerprint density at radius 1 is 1.12 bits per heavy atom. The van der Waals surface area contributed by atoms with E-state index < -0.39 is 48.2 Å². The normalized spacial score (nSPS) is 18.1. The number of nitrogens with one attached hydrogen (secondary N) is 4. The summed E-state index contributed by atoms with van der Waals surface area (Å²) in [4.78, 5) is 86.8. The van der Waals surface area contributed by atoms with Crippen LogP contribution in [0.15, 0.2) is 24.3 Å². The third-order valence-corrected chi connectivity index (χ3v) is 7.85. The standard InChI is InChI=1S/C29H40ClN5O8/c1-4-17(2)20(13-31-18(3)37)14-32-28(42)29(43)35-15-21(11-24(35)27(41)34-22(16-36)12-26(39)40)33-25(38)10-9-19-7-5-6-8-23(19)30/h5-8,16-17,20-22,24H,4,9-15H2,1-3H3,(H,31,37)(H,32,42)(H,33,38)(H,34,41)(H,39,40)/t17-,20+,21?,22-,24-/m0/s1. The first-order valence-electron chi connectivity index (χ1n) is 14.2. The number of carbonyl (C=O) groups excluding carboxylic acids is 6. The van der Waals surface area contributed by atoms with Crippen LogP contribution in [0.1, 0.15) is 52.0 Å². The molecule has 0 saturated carbocycles. The lowest BCUT2D eigenvalue weighted by molar-refractivity contribution is -0.148. The number of carbonyl (C=O) groups is 7. The summed E-state index contributed by atoms with van der Waals surface area (Å²) >= 11 is 6.16. The molecule has 0 radical (unpaired) electrons. The van der Waals surface area contributed by atoms with E-state index in [0.29, 0.717) is 18.0 Å². The Balaban J connectivity index is 2.13. The molecule has 0 aliphatic carbocycles. The van der Waals surface area contributed by atoms with Crippen LogP contribution in [0.4, 0.5) is 0 Å². The number of hydrogen-bond acceptors (Lipinski definition) is 7. The van der Waals surface area contributed by atoms with Gasteiger partial charge < -0.3 is 36.1 Å². The maximum absolute atomic E-state index is 13.3. The molecule has 43 heavy (non-hydrogen) atoms. The van der Waals surface area contributed by atoms with Gasteiger partial charge in [-0.1, -0.05) is 50.1 Å². The number of aliphatic carboxylic acids is 1. The molecule has 0 bridgehead atoms. The van der Waals surface area contributed by atoms with E-state index in [1.54, 1.807) is 24.3 Å². The average molecular weight is 622 g/mol. The predicted molar refractivity (Wildman–Crippen MR) is 157 cm³/mol. The molecule has 5 N–H and O–H groups in total. The molecule has 0 spiro atoms. The molecule has 1 aliphatic rings. The molecule has 13 nitrogen and oxygen atoms in total. The number of aldehydes is 1. The van der Waals surface area contributed by atoms with Gasteiger partial charge in [0.25, 0.3) is 0 Å². The van der Waals surface area contributed by atoms with E-state index in [9.17, 15) is 33.6 Å². The highest BCUT2D eigenvalue weighted by molar-refractivity contribution is 6.35. The minimum atomic E-state index is -1.34. The summed E-state index contributed by atoms with van der Waals surface area (Å²) < 4.78 is 0. The quantitative estimate of drug-likeness (QED) is 0.137. The number of amides is 5. The van der Waals surface area contributed by atoms with Gasteiger partial charge in [-0.25, -0.2) is 0 Å². The molecule has 2 rings (SSSR count). The second-order valence-electron chi connectivity index (χ2n) is 10.7. The summed E-state index contributed by atoms with van der Waals surface area (Å²) in [7, 11) is 0. The van der Waals surface area contributed by atoms with Gasteiger partial charge in [0, 0.05) is 44.0 Å². The monoisotopic (exact) mass is 621 g/mol. The van der Waals surface area contributed by atoms with Gasteiger partial charge >= 0.3 is 17.8 Å². The maximum atomic E-state index is 13.3. The highest BCUT2D eigenvalue weighted by atomic mass is 35.5. The van der Waals surface area contributed by atoms with Crippen LogP contribution in [0.2, 0.25) is 5.02 Å². The highest BCUT2D eigenvalue weighted by Crippen LogP contribution is 2.21. The molecule has 1 aromatic rings. The number of hydrogen-bond donors (Lipinski definition) is 5. The summed E-state index contributed by atoms with van der Waals surface area (Å²) in [5.74, 6) is -4.74. The predicted octanol–water partition coefficient (Wildman–Crippen LogP) is 0.431. The first kappa shape index (κ1) is 35.2. The van der Waals surface area contributed by atoms with Gasteiger partial charge in [-0.05, 0) is 36.3 Å². The summed E-state index contributed by atoms with van der Waals surface area (Å²) in [5, 5.41) is 19.9. The van der Waals surface area contributed by atoms with Gasteiger partial charge in [0.2, 0.25) is 17.7 Å². The van der Waals surface area contributed by atoms with Crippen molar-refractivity contribution in [2.24, 2.45) is 11.8 Å². The van der Waals surface area contributed by atoms with Crippen molar-refractivity contribution in [3.63, 3.8) is 0 Å². The van der Waals surface area contributed by atoms with Crippen molar-refractivity contribution in [2.75, 3.05) is 19.6 Å². The molecule has 1 aromatic carbocycles. The van der Waals surface area contributed by atoms with Gasteiger partial charge in [-0.15, -0.1) is 0 Å². The maximum Gasteiger partial charge on any atom is 0.312 e. The van der Waals surface area contributed by atoms with Crippen LogP contribution in [-0.4, -0.2) is 89.6 Å². The summed E-state index contributed by atoms with van der Waals surface area (Å²) in [6.45, 7) is 5.54. The SMILES string of the molecule is CC[C@H](C)[C@H](CNC(C)=O)CNC(=O)C(=O)N1CC(NC(=O)CCc2ccccc2Cl)C[C@H]1C(=O)N[C@H](C=O)CC(=O)O. The average Bonchev–Trinajstić information content (AvgIpc) is 3.38. The molecule has 1 fully saturated rings. The molecule has 1 unspecified atom stereocenters. The van der Waals surface area contributed by atoms with Crippen LogP contribution in [0.25, 0.3) is 0 Å². The topological polar surface area (TPSA) is 191 Å². The molecular weight excluding hydrogens is 582 g/mol.